The zero-order valence-corrected chi connectivity index (χ0v) is 20.1. The molecule has 9 heteroatoms. The van der Waals surface area contributed by atoms with Gasteiger partial charge in [0.2, 0.25) is 11.8 Å². The monoisotopic (exact) mass is 466 g/mol. The molecule has 0 aromatic heterocycles. The minimum absolute atomic E-state index is 0. The summed E-state index contributed by atoms with van der Waals surface area (Å²) in [4.78, 5) is 32.8. The fourth-order valence-corrected chi connectivity index (χ4v) is 5.24. The van der Waals surface area contributed by atoms with Gasteiger partial charge in [-0.3, -0.25) is 19.4 Å². The Morgan fingerprint density at radius 3 is 2.23 bits per heavy atom. The molecule has 1 N–H and O–H groups in total. The fourth-order valence-electron chi connectivity index (χ4n) is 5.24. The molecule has 0 radical (unpaired) electrons. The molecule has 2 aliphatic heterocycles. The molecule has 3 aliphatic rings. The first-order valence-corrected chi connectivity index (χ1v) is 11.1. The first-order valence-electron chi connectivity index (χ1n) is 11.1. The molecular formula is C21H40Cl2N4O3. The van der Waals surface area contributed by atoms with Crippen molar-refractivity contribution in [3.8, 4) is 0 Å². The van der Waals surface area contributed by atoms with Crippen LogP contribution in [0.3, 0.4) is 0 Å². The van der Waals surface area contributed by atoms with Crippen LogP contribution in [0.2, 0.25) is 0 Å². The van der Waals surface area contributed by atoms with Crippen LogP contribution in [0.25, 0.3) is 0 Å². The van der Waals surface area contributed by atoms with Crippen LogP contribution in [0, 0.1) is 5.92 Å². The van der Waals surface area contributed by atoms with Crippen LogP contribution >= 0.6 is 24.8 Å². The van der Waals surface area contributed by atoms with E-state index in [9.17, 15) is 9.59 Å². The summed E-state index contributed by atoms with van der Waals surface area (Å²) >= 11 is 0. The average molecular weight is 467 g/mol. The van der Waals surface area contributed by atoms with Crippen LogP contribution < -0.4 is 5.32 Å². The molecule has 0 unspecified atom stereocenters. The highest BCUT2D eigenvalue weighted by molar-refractivity contribution is 5.86. The van der Waals surface area contributed by atoms with E-state index in [1.54, 1.807) is 14.2 Å². The van der Waals surface area contributed by atoms with E-state index < -0.39 is 0 Å². The third-order valence-electron chi connectivity index (χ3n) is 6.84. The summed E-state index contributed by atoms with van der Waals surface area (Å²) in [5, 5.41) is 2.88. The zero-order chi connectivity index (χ0) is 19.9. The Morgan fingerprint density at radius 1 is 0.967 bits per heavy atom. The zero-order valence-electron chi connectivity index (χ0n) is 18.5. The van der Waals surface area contributed by atoms with Crippen LogP contribution in [-0.2, 0) is 14.3 Å². The average Bonchev–Trinajstić information content (AvgIpc) is 3.22. The maximum Gasteiger partial charge on any atom is 0.240 e. The second-order valence-electron chi connectivity index (χ2n) is 8.51. The Kier molecular flexibility index (Phi) is 12.6. The molecule has 2 amide bonds. The highest BCUT2D eigenvalue weighted by Gasteiger charge is 2.43. The summed E-state index contributed by atoms with van der Waals surface area (Å²) in [6, 6.07) is -0.278. The van der Waals surface area contributed by atoms with Gasteiger partial charge in [-0.2, -0.15) is 0 Å². The van der Waals surface area contributed by atoms with Crippen molar-refractivity contribution in [2.45, 2.75) is 57.0 Å². The standard InChI is InChI=1S/C21H38N4O3.2ClH/c1-22-20(26)19(17-7-4-3-5-8-17)25-10-6-9-18(25)21(27)24-13-11-23(12-14-24)15-16-28-2;;/h17-19H,3-16H2,1-2H3,(H,22,26);2*1H/t18-,19+;;/m0../s1. The predicted molar refractivity (Wildman–Crippen MR) is 124 cm³/mol. The van der Waals surface area contributed by atoms with E-state index in [4.69, 9.17) is 4.74 Å². The van der Waals surface area contributed by atoms with E-state index in [2.05, 4.69) is 15.1 Å². The summed E-state index contributed by atoms with van der Waals surface area (Å²) in [7, 11) is 3.45. The SMILES string of the molecule is CNC(=O)[C@@H](C1CCCCC1)N1CCC[C@H]1C(=O)N1CCN(CCOC)CC1.Cl.Cl. The van der Waals surface area contributed by atoms with E-state index in [0.29, 0.717) is 5.92 Å². The van der Waals surface area contributed by atoms with Crippen molar-refractivity contribution in [2.24, 2.45) is 5.92 Å². The first-order chi connectivity index (χ1) is 13.7. The number of likely N-dealkylation sites (tertiary alicyclic amines) is 1. The van der Waals surface area contributed by atoms with Crippen molar-refractivity contribution in [1.82, 2.24) is 20.0 Å². The van der Waals surface area contributed by atoms with Gasteiger partial charge in [-0.15, -0.1) is 24.8 Å². The first kappa shape index (κ1) is 27.4. The number of rotatable bonds is 7. The number of methoxy groups -OCH3 is 1. The van der Waals surface area contributed by atoms with Crippen LogP contribution in [0.5, 0.6) is 0 Å². The molecule has 0 aromatic carbocycles. The Labute approximate surface area is 194 Å². The van der Waals surface area contributed by atoms with Crippen molar-refractivity contribution < 1.29 is 14.3 Å². The lowest BCUT2D eigenvalue weighted by Gasteiger charge is -2.41. The number of halogens is 2. The van der Waals surface area contributed by atoms with Gasteiger partial charge in [0, 0.05) is 46.9 Å². The molecule has 2 atom stereocenters. The summed E-state index contributed by atoms with van der Waals surface area (Å²) in [6.45, 7) is 5.89. The lowest BCUT2D eigenvalue weighted by atomic mass is 9.82. The van der Waals surface area contributed by atoms with Gasteiger partial charge < -0.3 is 15.0 Å². The summed E-state index contributed by atoms with van der Waals surface area (Å²) in [6.07, 6.45) is 7.77. The van der Waals surface area contributed by atoms with Crippen LogP contribution in [0.1, 0.15) is 44.9 Å². The van der Waals surface area contributed by atoms with Crippen molar-refractivity contribution in [2.75, 3.05) is 60.0 Å². The number of nitrogens with one attached hydrogen (secondary N) is 1. The number of nitrogens with zero attached hydrogens (tertiary/aromatic N) is 3. The molecule has 3 rings (SSSR count). The van der Waals surface area contributed by atoms with Crippen LogP contribution in [0.4, 0.5) is 0 Å². The second-order valence-corrected chi connectivity index (χ2v) is 8.51. The van der Waals surface area contributed by atoms with Gasteiger partial charge in [0.05, 0.1) is 18.7 Å². The van der Waals surface area contributed by atoms with Gasteiger partial charge >= 0.3 is 0 Å². The largest absolute Gasteiger partial charge is 0.383 e. The van der Waals surface area contributed by atoms with Gasteiger partial charge in [-0.05, 0) is 38.1 Å². The molecule has 30 heavy (non-hydrogen) atoms. The lowest BCUT2D eigenvalue weighted by molar-refractivity contribution is -0.141. The lowest BCUT2D eigenvalue weighted by Crippen LogP contribution is -2.58. The van der Waals surface area contributed by atoms with Gasteiger partial charge in [-0.25, -0.2) is 0 Å². The van der Waals surface area contributed by atoms with E-state index in [1.165, 1.54) is 19.3 Å². The molecule has 0 spiro atoms. The van der Waals surface area contributed by atoms with E-state index in [-0.39, 0.29) is 48.7 Å². The fraction of sp³-hybridized carbons (Fsp3) is 0.905. The van der Waals surface area contributed by atoms with Gasteiger partial charge in [0.1, 0.15) is 0 Å². The van der Waals surface area contributed by atoms with Crippen LogP contribution in [0.15, 0.2) is 0 Å². The summed E-state index contributed by atoms with van der Waals surface area (Å²) in [5.41, 5.74) is 0. The number of amides is 2. The predicted octanol–water partition coefficient (Wildman–Crippen LogP) is 1.78. The van der Waals surface area contributed by atoms with Crippen molar-refractivity contribution in [3.05, 3.63) is 0 Å². The number of hydrogen-bond donors (Lipinski definition) is 1. The smallest absolute Gasteiger partial charge is 0.240 e. The normalized spacial score (nSPS) is 24.6. The molecule has 1 aliphatic carbocycles. The quantitative estimate of drug-likeness (QED) is 0.619. The third kappa shape index (κ3) is 6.70. The van der Waals surface area contributed by atoms with Crippen LogP contribution in [-0.4, -0.2) is 98.6 Å². The third-order valence-corrected chi connectivity index (χ3v) is 6.84. The maximum absolute atomic E-state index is 13.3. The Hall–Kier alpha value is -0.600. The highest BCUT2D eigenvalue weighted by atomic mass is 35.5. The minimum atomic E-state index is -0.148. The summed E-state index contributed by atoms with van der Waals surface area (Å²) in [5.74, 6) is 0.706. The molecule has 3 fully saturated rings. The van der Waals surface area contributed by atoms with Crippen molar-refractivity contribution in [3.63, 3.8) is 0 Å². The van der Waals surface area contributed by atoms with Gasteiger partial charge in [-0.1, -0.05) is 19.3 Å². The summed E-state index contributed by atoms with van der Waals surface area (Å²) < 4.78 is 5.16. The number of carbonyl (C=O) groups excluding carboxylic acids is 2. The van der Waals surface area contributed by atoms with Gasteiger partial charge in [0.15, 0.2) is 0 Å². The molecule has 0 aromatic rings. The van der Waals surface area contributed by atoms with E-state index in [1.807, 2.05) is 4.90 Å². The number of hydrogen-bond acceptors (Lipinski definition) is 5. The molecule has 2 heterocycles. The number of piperazine rings is 1. The van der Waals surface area contributed by atoms with Crippen molar-refractivity contribution in [1.29, 1.82) is 0 Å². The van der Waals surface area contributed by atoms with Crippen molar-refractivity contribution >= 4 is 36.6 Å². The molecule has 7 nitrogen and oxygen atoms in total. The Morgan fingerprint density at radius 2 is 1.63 bits per heavy atom. The molecule has 1 saturated carbocycles. The topological polar surface area (TPSA) is 65.1 Å². The highest BCUT2D eigenvalue weighted by Crippen LogP contribution is 2.33. The molecular weight excluding hydrogens is 427 g/mol. The molecule has 2 saturated heterocycles. The van der Waals surface area contributed by atoms with E-state index in [0.717, 1.165) is 71.6 Å². The number of likely N-dealkylation sites (N-methyl/N-ethyl adjacent to an activating group) is 1. The Balaban J connectivity index is 0.00000225. The maximum atomic E-state index is 13.3. The van der Waals surface area contributed by atoms with E-state index >= 15 is 0 Å². The Bertz CT molecular complexity index is 526. The molecule has 0 bridgehead atoms. The molecule has 176 valence electrons. The number of carbonyl (C=O) groups is 2. The second kappa shape index (κ2) is 13.7. The number of ether oxygens (including phenoxy) is 1. The minimum Gasteiger partial charge on any atom is -0.383 e. The van der Waals surface area contributed by atoms with Gasteiger partial charge in [0.25, 0.3) is 0 Å².